The molecule has 2 rings (SSSR count). The van der Waals surface area contributed by atoms with Crippen LogP contribution in [0.5, 0.6) is 0 Å². The molecule has 7 nitrogen and oxygen atoms in total. The third kappa shape index (κ3) is 3.77. The minimum absolute atomic E-state index is 0.113. The van der Waals surface area contributed by atoms with Crippen LogP contribution in [-0.2, 0) is 4.74 Å². The van der Waals surface area contributed by atoms with Crippen LogP contribution in [0.4, 0.5) is 4.79 Å². The molecule has 1 aromatic heterocycles. The molecule has 1 aromatic rings. The molecule has 1 N–H and O–H groups in total. The Morgan fingerprint density at radius 1 is 1.08 bits per heavy atom. The zero-order valence-electron chi connectivity index (χ0n) is 14.9. The number of rotatable bonds is 2. The first-order chi connectivity index (χ1) is 11.1. The number of ether oxygens (including phenoxy) is 1. The molecule has 1 saturated heterocycles. The van der Waals surface area contributed by atoms with Gasteiger partial charge in [0.25, 0.3) is 5.91 Å². The molecule has 0 atom stereocenters. The van der Waals surface area contributed by atoms with Gasteiger partial charge in [0.1, 0.15) is 5.60 Å². The molecular weight excluding hydrogens is 310 g/mol. The topological polar surface area (TPSA) is 82.7 Å². The summed E-state index contributed by atoms with van der Waals surface area (Å²) >= 11 is 0. The number of aromatic amines is 1. The van der Waals surface area contributed by atoms with E-state index in [1.807, 2.05) is 20.8 Å². The number of H-pyrrole nitrogens is 1. The molecule has 0 spiro atoms. The molecule has 2 heterocycles. The lowest BCUT2D eigenvalue weighted by Gasteiger charge is -2.35. The summed E-state index contributed by atoms with van der Waals surface area (Å²) in [7, 11) is 0. The fourth-order valence-electron chi connectivity index (χ4n) is 2.79. The highest BCUT2D eigenvalue weighted by molar-refractivity contribution is 5.99. The minimum Gasteiger partial charge on any atom is -0.444 e. The lowest BCUT2D eigenvalue weighted by Crippen LogP contribution is -2.51. The second-order valence-corrected chi connectivity index (χ2v) is 7.04. The van der Waals surface area contributed by atoms with Crippen molar-refractivity contribution < 1.29 is 19.1 Å². The molecule has 1 fully saturated rings. The monoisotopic (exact) mass is 335 g/mol. The highest BCUT2D eigenvalue weighted by atomic mass is 16.6. The Morgan fingerprint density at radius 3 is 2.08 bits per heavy atom. The first kappa shape index (κ1) is 18.0. The Balaban J connectivity index is 2.02. The van der Waals surface area contributed by atoms with Gasteiger partial charge < -0.3 is 19.5 Å². The Morgan fingerprint density at radius 2 is 1.62 bits per heavy atom. The van der Waals surface area contributed by atoms with Crippen LogP contribution >= 0.6 is 0 Å². The van der Waals surface area contributed by atoms with Crippen molar-refractivity contribution in [2.75, 3.05) is 26.2 Å². The lowest BCUT2D eigenvalue weighted by molar-refractivity contribution is 0.0140. The van der Waals surface area contributed by atoms with E-state index in [-0.39, 0.29) is 12.0 Å². The number of piperazine rings is 1. The van der Waals surface area contributed by atoms with Gasteiger partial charge in [-0.25, -0.2) is 4.79 Å². The highest BCUT2D eigenvalue weighted by Crippen LogP contribution is 2.20. The van der Waals surface area contributed by atoms with Crippen LogP contribution in [0.2, 0.25) is 0 Å². The number of nitrogens with one attached hydrogen (secondary N) is 1. The minimum atomic E-state index is -0.533. The summed E-state index contributed by atoms with van der Waals surface area (Å²) in [5, 5.41) is 0. The number of hydrogen-bond acceptors (Lipinski definition) is 4. The highest BCUT2D eigenvalue weighted by Gasteiger charge is 2.30. The molecule has 132 valence electrons. The van der Waals surface area contributed by atoms with Crippen molar-refractivity contribution in [3.8, 4) is 0 Å². The van der Waals surface area contributed by atoms with E-state index in [4.69, 9.17) is 4.74 Å². The molecule has 24 heavy (non-hydrogen) atoms. The van der Waals surface area contributed by atoms with Crippen molar-refractivity contribution in [1.29, 1.82) is 0 Å². The van der Waals surface area contributed by atoms with Gasteiger partial charge in [-0.3, -0.25) is 9.59 Å². The predicted molar refractivity (Wildman–Crippen MR) is 89.4 cm³/mol. The standard InChI is InChI=1S/C17H25N3O4/c1-11-13(10-21)18-12(2)14(11)15(22)19-6-8-20(9-7-19)16(23)24-17(3,4)5/h10,18H,6-9H2,1-5H3. The van der Waals surface area contributed by atoms with Crippen molar-refractivity contribution in [2.45, 2.75) is 40.2 Å². The van der Waals surface area contributed by atoms with E-state index in [0.717, 1.165) is 6.29 Å². The van der Waals surface area contributed by atoms with Gasteiger partial charge in [0, 0.05) is 31.9 Å². The molecule has 7 heteroatoms. The van der Waals surface area contributed by atoms with E-state index < -0.39 is 5.60 Å². The average molecular weight is 335 g/mol. The van der Waals surface area contributed by atoms with Crippen molar-refractivity contribution >= 4 is 18.3 Å². The lowest BCUT2D eigenvalue weighted by atomic mass is 10.1. The Kier molecular flexibility index (Phi) is 5.01. The van der Waals surface area contributed by atoms with Gasteiger partial charge in [-0.15, -0.1) is 0 Å². The third-order valence-corrected chi connectivity index (χ3v) is 4.03. The van der Waals surface area contributed by atoms with E-state index in [1.54, 1.807) is 23.6 Å². The second kappa shape index (κ2) is 6.67. The molecule has 2 amide bonds. The Hall–Kier alpha value is -2.31. The van der Waals surface area contributed by atoms with Gasteiger partial charge in [-0.2, -0.15) is 0 Å². The molecule has 0 bridgehead atoms. The van der Waals surface area contributed by atoms with Crippen LogP contribution in [0.3, 0.4) is 0 Å². The largest absolute Gasteiger partial charge is 0.444 e. The van der Waals surface area contributed by atoms with Gasteiger partial charge in [0.15, 0.2) is 6.29 Å². The number of carbonyl (C=O) groups is 3. The molecule has 0 aromatic carbocycles. The number of hydrogen-bond donors (Lipinski definition) is 1. The maximum absolute atomic E-state index is 12.7. The zero-order valence-corrected chi connectivity index (χ0v) is 14.9. The number of amides is 2. The summed E-state index contributed by atoms with van der Waals surface area (Å²) in [6, 6.07) is 0. The predicted octanol–water partition coefficient (Wildman–Crippen LogP) is 2.14. The van der Waals surface area contributed by atoms with E-state index in [0.29, 0.717) is 48.7 Å². The van der Waals surface area contributed by atoms with Crippen LogP contribution < -0.4 is 0 Å². The van der Waals surface area contributed by atoms with Crippen LogP contribution in [0.1, 0.15) is 52.9 Å². The van der Waals surface area contributed by atoms with Gasteiger partial charge >= 0.3 is 6.09 Å². The quantitative estimate of drug-likeness (QED) is 0.839. The first-order valence-electron chi connectivity index (χ1n) is 8.05. The maximum Gasteiger partial charge on any atom is 0.410 e. The van der Waals surface area contributed by atoms with Crippen LogP contribution in [-0.4, -0.2) is 64.9 Å². The van der Waals surface area contributed by atoms with E-state index in [1.165, 1.54) is 0 Å². The molecular formula is C17H25N3O4. The fraction of sp³-hybridized carbons (Fsp3) is 0.588. The van der Waals surface area contributed by atoms with E-state index >= 15 is 0 Å². The number of aldehydes is 1. The van der Waals surface area contributed by atoms with Crippen LogP contribution in [0.25, 0.3) is 0 Å². The molecule has 0 saturated carbocycles. The first-order valence-corrected chi connectivity index (χ1v) is 8.05. The van der Waals surface area contributed by atoms with Crippen LogP contribution in [0, 0.1) is 13.8 Å². The van der Waals surface area contributed by atoms with E-state index in [2.05, 4.69) is 4.98 Å². The van der Waals surface area contributed by atoms with Gasteiger partial charge in [0.05, 0.1) is 11.3 Å². The molecule has 1 aliphatic rings. The van der Waals surface area contributed by atoms with Gasteiger partial charge in [-0.05, 0) is 40.2 Å². The van der Waals surface area contributed by atoms with Gasteiger partial charge in [-0.1, -0.05) is 0 Å². The summed E-state index contributed by atoms with van der Waals surface area (Å²) < 4.78 is 5.35. The Bertz CT molecular complexity index is 650. The molecule has 1 aliphatic heterocycles. The van der Waals surface area contributed by atoms with Crippen molar-refractivity contribution in [3.05, 3.63) is 22.5 Å². The number of aromatic nitrogens is 1. The average Bonchev–Trinajstić information content (AvgIpc) is 2.79. The summed E-state index contributed by atoms with van der Waals surface area (Å²) in [6.07, 6.45) is 0.367. The normalized spacial score (nSPS) is 15.4. The van der Waals surface area contributed by atoms with Gasteiger partial charge in [0.2, 0.25) is 0 Å². The maximum atomic E-state index is 12.7. The smallest absolute Gasteiger partial charge is 0.410 e. The summed E-state index contributed by atoms with van der Waals surface area (Å²) in [4.78, 5) is 42.1. The SMILES string of the molecule is Cc1[nH]c(C=O)c(C)c1C(=O)N1CCN(C(=O)OC(C)(C)C)CC1. The fourth-order valence-corrected chi connectivity index (χ4v) is 2.79. The molecule has 0 aliphatic carbocycles. The summed E-state index contributed by atoms with van der Waals surface area (Å²) in [5.41, 5.74) is 1.80. The second-order valence-electron chi connectivity index (χ2n) is 7.04. The number of nitrogens with zero attached hydrogens (tertiary/aromatic N) is 2. The summed E-state index contributed by atoms with van der Waals surface area (Å²) in [5.74, 6) is -0.113. The zero-order chi connectivity index (χ0) is 18.1. The van der Waals surface area contributed by atoms with E-state index in [9.17, 15) is 14.4 Å². The molecule has 0 radical (unpaired) electrons. The number of carbonyl (C=O) groups excluding carboxylic acids is 3. The number of aryl methyl sites for hydroxylation is 1. The van der Waals surface area contributed by atoms with Crippen molar-refractivity contribution in [2.24, 2.45) is 0 Å². The van der Waals surface area contributed by atoms with Crippen molar-refractivity contribution in [3.63, 3.8) is 0 Å². The Labute approximate surface area is 141 Å². The summed E-state index contributed by atoms with van der Waals surface area (Å²) in [6.45, 7) is 10.8. The van der Waals surface area contributed by atoms with Crippen LogP contribution in [0.15, 0.2) is 0 Å². The van der Waals surface area contributed by atoms with Crippen molar-refractivity contribution in [1.82, 2.24) is 14.8 Å². The molecule has 0 unspecified atom stereocenters. The third-order valence-electron chi connectivity index (χ3n) is 4.03.